The van der Waals surface area contributed by atoms with Crippen LogP contribution in [0.3, 0.4) is 0 Å². The molecule has 0 unspecified atom stereocenters. The van der Waals surface area contributed by atoms with E-state index in [0.717, 1.165) is 18.3 Å². The van der Waals surface area contributed by atoms with E-state index in [0.29, 0.717) is 10.7 Å². The fourth-order valence-electron chi connectivity index (χ4n) is 1.47. The summed E-state index contributed by atoms with van der Waals surface area (Å²) in [5.41, 5.74) is -0.572. The van der Waals surface area contributed by atoms with Gasteiger partial charge in [-0.25, -0.2) is 0 Å². The lowest BCUT2D eigenvalue weighted by atomic mass is 10.2. The number of carbonyl (C=O) groups excluding carboxylic acids is 1. The number of rotatable bonds is 2. The van der Waals surface area contributed by atoms with Crippen LogP contribution in [-0.4, -0.2) is 10.9 Å². The largest absolute Gasteiger partial charge is 0.433 e. The van der Waals surface area contributed by atoms with Crippen molar-refractivity contribution in [1.29, 1.82) is 0 Å². The maximum absolute atomic E-state index is 12.3. The Kier molecular flexibility index (Phi) is 3.94. The van der Waals surface area contributed by atoms with Crippen molar-refractivity contribution in [2.75, 3.05) is 5.32 Å². The lowest BCUT2D eigenvalue weighted by Gasteiger charge is -2.07. The first-order chi connectivity index (χ1) is 9.36. The minimum atomic E-state index is -4.53. The van der Waals surface area contributed by atoms with Gasteiger partial charge < -0.3 is 5.32 Å². The average Bonchev–Trinajstić information content (AvgIpc) is 2.38. The zero-order valence-electron chi connectivity index (χ0n) is 9.91. The molecule has 20 heavy (non-hydrogen) atoms. The Morgan fingerprint density at radius 1 is 1.20 bits per heavy atom. The topological polar surface area (TPSA) is 42.0 Å². The Labute approximate surface area is 117 Å². The van der Waals surface area contributed by atoms with Crippen LogP contribution in [-0.2, 0) is 6.18 Å². The summed E-state index contributed by atoms with van der Waals surface area (Å²) in [5.74, 6) is -0.562. The minimum Gasteiger partial charge on any atom is -0.322 e. The van der Waals surface area contributed by atoms with E-state index in [-0.39, 0.29) is 5.56 Å². The minimum absolute atomic E-state index is 0.0259. The highest BCUT2D eigenvalue weighted by Crippen LogP contribution is 2.27. The summed E-state index contributed by atoms with van der Waals surface area (Å²) in [7, 11) is 0. The summed E-state index contributed by atoms with van der Waals surface area (Å²) >= 11 is 5.76. The third-order valence-corrected chi connectivity index (χ3v) is 2.63. The molecule has 1 aromatic carbocycles. The van der Waals surface area contributed by atoms with Crippen molar-refractivity contribution in [3.8, 4) is 0 Å². The standard InChI is InChI=1S/C13H8ClF3N2O/c14-9-2-1-3-10(6-9)19-12(20)8-4-5-11(18-7-8)13(15,16)17/h1-7H,(H,19,20). The maximum atomic E-state index is 12.3. The smallest absolute Gasteiger partial charge is 0.322 e. The van der Waals surface area contributed by atoms with Gasteiger partial charge in [0.25, 0.3) is 5.91 Å². The van der Waals surface area contributed by atoms with Gasteiger partial charge in [-0.3, -0.25) is 9.78 Å². The molecule has 2 aromatic rings. The molecule has 1 aromatic heterocycles. The SMILES string of the molecule is O=C(Nc1cccc(Cl)c1)c1ccc(C(F)(F)F)nc1. The van der Waals surface area contributed by atoms with E-state index < -0.39 is 17.8 Å². The number of anilines is 1. The molecule has 0 aliphatic rings. The van der Waals surface area contributed by atoms with Crippen molar-refractivity contribution in [3.05, 3.63) is 58.9 Å². The van der Waals surface area contributed by atoms with Crippen LogP contribution < -0.4 is 5.32 Å². The van der Waals surface area contributed by atoms with Crippen LogP contribution in [0.2, 0.25) is 5.02 Å². The van der Waals surface area contributed by atoms with Crippen LogP contribution in [0, 0.1) is 0 Å². The van der Waals surface area contributed by atoms with E-state index in [1.807, 2.05) is 0 Å². The first-order valence-electron chi connectivity index (χ1n) is 5.46. The molecular weight excluding hydrogens is 293 g/mol. The van der Waals surface area contributed by atoms with Gasteiger partial charge in [-0.15, -0.1) is 0 Å². The Morgan fingerprint density at radius 3 is 2.50 bits per heavy atom. The number of alkyl halides is 3. The van der Waals surface area contributed by atoms with Gasteiger partial charge in [-0.05, 0) is 30.3 Å². The molecule has 0 aliphatic heterocycles. The Hall–Kier alpha value is -2.08. The van der Waals surface area contributed by atoms with Crippen molar-refractivity contribution in [1.82, 2.24) is 4.98 Å². The van der Waals surface area contributed by atoms with Gasteiger partial charge in [-0.1, -0.05) is 17.7 Å². The zero-order chi connectivity index (χ0) is 14.8. The Morgan fingerprint density at radius 2 is 1.95 bits per heavy atom. The fourth-order valence-corrected chi connectivity index (χ4v) is 1.66. The molecule has 0 saturated carbocycles. The van der Waals surface area contributed by atoms with Crippen LogP contribution >= 0.6 is 11.6 Å². The number of hydrogen-bond acceptors (Lipinski definition) is 2. The highest BCUT2D eigenvalue weighted by molar-refractivity contribution is 6.30. The predicted molar refractivity (Wildman–Crippen MR) is 68.6 cm³/mol. The summed E-state index contributed by atoms with van der Waals surface area (Å²) < 4.78 is 37.0. The molecule has 2 rings (SSSR count). The number of nitrogens with zero attached hydrogens (tertiary/aromatic N) is 1. The number of carbonyl (C=O) groups is 1. The quantitative estimate of drug-likeness (QED) is 0.910. The second-order valence-electron chi connectivity index (χ2n) is 3.89. The highest BCUT2D eigenvalue weighted by atomic mass is 35.5. The number of nitrogens with one attached hydrogen (secondary N) is 1. The Bertz CT molecular complexity index is 626. The average molecular weight is 301 g/mol. The molecule has 3 nitrogen and oxygen atoms in total. The number of aromatic nitrogens is 1. The second kappa shape index (κ2) is 5.50. The Balaban J connectivity index is 2.14. The van der Waals surface area contributed by atoms with Crippen molar-refractivity contribution in [2.24, 2.45) is 0 Å². The molecule has 0 spiro atoms. The van der Waals surface area contributed by atoms with Gasteiger partial charge in [0.05, 0.1) is 5.56 Å². The van der Waals surface area contributed by atoms with Crippen molar-refractivity contribution >= 4 is 23.2 Å². The molecule has 1 amide bonds. The van der Waals surface area contributed by atoms with Gasteiger partial charge in [0, 0.05) is 16.9 Å². The number of amides is 1. The molecule has 0 atom stereocenters. The zero-order valence-corrected chi connectivity index (χ0v) is 10.7. The molecule has 7 heteroatoms. The van der Waals surface area contributed by atoms with Gasteiger partial charge >= 0.3 is 6.18 Å². The molecule has 0 fully saturated rings. The normalized spacial score (nSPS) is 11.2. The molecule has 0 aliphatic carbocycles. The third-order valence-electron chi connectivity index (χ3n) is 2.40. The van der Waals surface area contributed by atoms with Crippen molar-refractivity contribution in [3.63, 3.8) is 0 Å². The van der Waals surface area contributed by atoms with Crippen molar-refractivity contribution < 1.29 is 18.0 Å². The summed E-state index contributed by atoms with van der Waals surface area (Å²) in [6.07, 6.45) is -3.65. The highest BCUT2D eigenvalue weighted by Gasteiger charge is 2.32. The van der Waals surface area contributed by atoms with Gasteiger partial charge in [0.1, 0.15) is 5.69 Å². The molecule has 0 saturated heterocycles. The van der Waals surface area contributed by atoms with Crippen LogP contribution in [0.15, 0.2) is 42.6 Å². The number of pyridine rings is 1. The summed E-state index contributed by atoms with van der Waals surface area (Å²) in [4.78, 5) is 15.0. The summed E-state index contributed by atoms with van der Waals surface area (Å²) in [6, 6.07) is 8.24. The van der Waals surface area contributed by atoms with Gasteiger partial charge in [0.2, 0.25) is 0 Å². The maximum Gasteiger partial charge on any atom is 0.433 e. The van der Waals surface area contributed by atoms with Crippen LogP contribution in [0.5, 0.6) is 0 Å². The van der Waals surface area contributed by atoms with E-state index in [1.54, 1.807) is 18.2 Å². The molecule has 104 valence electrons. The number of benzene rings is 1. The predicted octanol–water partition coefficient (Wildman–Crippen LogP) is 4.01. The van der Waals surface area contributed by atoms with Crippen LogP contribution in [0.4, 0.5) is 18.9 Å². The van der Waals surface area contributed by atoms with Crippen LogP contribution in [0.25, 0.3) is 0 Å². The van der Waals surface area contributed by atoms with E-state index in [1.165, 1.54) is 6.07 Å². The molecule has 1 heterocycles. The van der Waals surface area contributed by atoms with Crippen molar-refractivity contribution in [2.45, 2.75) is 6.18 Å². The van der Waals surface area contributed by atoms with E-state index >= 15 is 0 Å². The van der Waals surface area contributed by atoms with Crippen LogP contribution in [0.1, 0.15) is 16.1 Å². The van der Waals surface area contributed by atoms with E-state index in [9.17, 15) is 18.0 Å². The molecule has 0 radical (unpaired) electrons. The van der Waals surface area contributed by atoms with E-state index in [2.05, 4.69) is 10.3 Å². The number of halogens is 4. The molecular formula is C13H8ClF3N2O. The monoisotopic (exact) mass is 300 g/mol. The summed E-state index contributed by atoms with van der Waals surface area (Å²) in [5, 5.41) is 2.95. The second-order valence-corrected chi connectivity index (χ2v) is 4.33. The first-order valence-corrected chi connectivity index (χ1v) is 5.84. The third kappa shape index (κ3) is 3.48. The lowest BCUT2D eigenvalue weighted by molar-refractivity contribution is -0.141. The molecule has 0 bridgehead atoms. The first kappa shape index (κ1) is 14.3. The fraction of sp³-hybridized carbons (Fsp3) is 0.0769. The van der Waals surface area contributed by atoms with Gasteiger partial charge in [-0.2, -0.15) is 13.2 Å². The van der Waals surface area contributed by atoms with E-state index in [4.69, 9.17) is 11.6 Å². The molecule has 1 N–H and O–H groups in total. The lowest BCUT2D eigenvalue weighted by Crippen LogP contribution is -2.14. The summed E-state index contributed by atoms with van der Waals surface area (Å²) in [6.45, 7) is 0. The van der Waals surface area contributed by atoms with Gasteiger partial charge in [0.15, 0.2) is 0 Å². The number of hydrogen-bond donors (Lipinski definition) is 1.